The van der Waals surface area contributed by atoms with Gasteiger partial charge in [-0.05, 0) is 11.6 Å². The van der Waals surface area contributed by atoms with Crippen molar-refractivity contribution in [1.82, 2.24) is 24.5 Å². The van der Waals surface area contributed by atoms with Crippen LogP contribution in [0, 0.1) is 0 Å². The fourth-order valence-corrected chi connectivity index (χ4v) is 2.73. The van der Waals surface area contributed by atoms with E-state index in [0.29, 0.717) is 42.0 Å². The topological polar surface area (TPSA) is 85.7 Å². The van der Waals surface area contributed by atoms with Gasteiger partial charge in [0.25, 0.3) is 5.56 Å². The third-order valence-corrected chi connectivity index (χ3v) is 4.04. The van der Waals surface area contributed by atoms with Crippen LogP contribution in [-0.4, -0.2) is 31.1 Å². The quantitative estimate of drug-likeness (QED) is 0.541. The van der Waals surface area contributed by atoms with E-state index >= 15 is 0 Å². The number of H-pyrrole nitrogens is 1. The first-order valence-corrected chi connectivity index (χ1v) is 8.27. The standard InChI is InChI=1S/C19H17N5O2/c25-19-15-6-7-20-18(17(15)21-12-22-19)16-10-24(13-23-16)8-9-26-11-14-4-2-1-3-5-14/h1-7,10,12-13H,8-9,11H2,(H,21,22,25). The van der Waals surface area contributed by atoms with Crippen LogP contribution in [0.25, 0.3) is 22.3 Å². The van der Waals surface area contributed by atoms with Crippen LogP contribution in [0.3, 0.4) is 0 Å². The zero-order chi connectivity index (χ0) is 17.8. The number of rotatable bonds is 6. The molecule has 0 atom stereocenters. The summed E-state index contributed by atoms with van der Waals surface area (Å²) in [6.45, 7) is 1.84. The van der Waals surface area contributed by atoms with Crippen molar-refractivity contribution in [2.45, 2.75) is 13.2 Å². The predicted molar refractivity (Wildman–Crippen MR) is 97.5 cm³/mol. The Labute approximate surface area is 149 Å². The number of fused-ring (bicyclic) bond motifs is 1. The van der Waals surface area contributed by atoms with Gasteiger partial charge in [-0.2, -0.15) is 0 Å². The van der Waals surface area contributed by atoms with Crippen LogP contribution in [-0.2, 0) is 17.9 Å². The molecule has 7 heteroatoms. The first kappa shape index (κ1) is 16.2. The van der Waals surface area contributed by atoms with Crippen molar-refractivity contribution in [3.63, 3.8) is 0 Å². The molecule has 0 fully saturated rings. The summed E-state index contributed by atoms with van der Waals surface area (Å²) in [5.74, 6) is 0. The van der Waals surface area contributed by atoms with Gasteiger partial charge in [0.2, 0.25) is 0 Å². The van der Waals surface area contributed by atoms with Crippen LogP contribution in [0.2, 0.25) is 0 Å². The van der Waals surface area contributed by atoms with E-state index in [1.54, 1.807) is 18.6 Å². The van der Waals surface area contributed by atoms with Gasteiger partial charge in [0.1, 0.15) is 16.9 Å². The molecule has 0 saturated heterocycles. The van der Waals surface area contributed by atoms with Gasteiger partial charge in [0.05, 0.1) is 31.3 Å². The van der Waals surface area contributed by atoms with Crippen molar-refractivity contribution in [3.05, 3.63) is 77.4 Å². The number of benzene rings is 1. The molecule has 0 radical (unpaired) electrons. The Morgan fingerprint density at radius 1 is 1.08 bits per heavy atom. The molecule has 1 aromatic carbocycles. The lowest BCUT2D eigenvalue weighted by Crippen LogP contribution is -2.07. The highest BCUT2D eigenvalue weighted by atomic mass is 16.5. The zero-order valence-electron chi connectivity index (χ0n) is 14.0. The monoisotopic (exact) mass is 347 g/mol. The molecule has 130 valence electrons. The van der Waals surface area contributed by atoms with E-state index in [2.05, 4.69) is 19.9 Å². The number of ether oxygens (including phenoxy) is 1. The summed E-state index contributed by atoms with van der Waals surface area (Å²) < 4.78 is 7.64. The molecule has 1 N–H and O–H groups in total. The molecule has 0 spiro atoms. The molecule has 0 aliphatic rings. The number of aromatic nitrogens is 5. The van der Waals surface area contributed by atoms with E-state index in [4.69, 9.17) is 4.74 Å². The van der Waals surface area contributed by atoms with Gasteiger partial charge in [-0.15, -0.1) is 0 Å². The SMILES string of the molecule is O=c1[nH]cnc2c(-c3cn(CCOCc4ccccc4)cn3)nccc12. The molecular weight excluding hydrogens is 330 g/mol. The summed E-state index contributed by atoms with van der Waals surface area (Å²) in [6, 6.07) is 11.7. The Kier molecular flexibility index (Phi) is 4.53. The Morgan fingerprint density at radius 3 is 2.85 bits per heavy atom. The molecule has 0 bridgehead atoms. The number of aromatic amines is 1. The van der Waals surface area contributed by atoms with Gasteiger partial charge in [-0.25, -0.2) is 9.97 Å². The highest BCUT2D eigenvalue weighted by Crippen LogP contribution is 2.21. The fourth-order valence-electron chi connectivity index (χ4n) is 2.73. The Balaban J connectivity index is 1.45. The first-order valence-electron chi connectivity index (χ1n) is 8.27. The average molecular weight is 347 g/mol. The normalized spacial score (nSPS) is 11.1. The van der Waals surface area contributed by atoms with Crippen LogP contribution in [0.5, 0.6) is 0 Å². The summed E-state index contributed by atoms with van der Waals surface area (Å²) >= 11 is 0. The van der Waals surface area contributed by atoms with Crippen molar-refractivity contribution in [2.24, 2.45) is 0 Å². The second-order valence-electron chi connectivity index (χ2n) is 5.82. The van der Waals surface area contributed by atoms with Crippen LogP contribution in [0.4, 0.5) is 0 Å². The molecule has 0 aliphatic heterocycles. The first-order chi connectivity index (χ1) is 12.8. The van der Waals surface area contributed by atoms with E-state index in [1.165, 1.54) is 6.33 Å². The van der Waals surface area contributed by atoms with Gasteiger partial charge < -0.3 is 14.3 Å². The average Bonchev–Trinajstić information content (AvgIpc) is 3.15. The highest BCUT2D eigenvalue weighted by molar-refractivity contribution is 5.89. The Morgan fingerprint density at radius 2 is 1.96 bits per heavy atom. The van der Waals surface area contributed by atoms with E-state index in [0.717, 1.165) is 5.56 Å². The molecule has 0 saturated carbocycles. The van der Waals surface area contributed by atoms with Gasteiger partial charge in [0, 0.05) is 18.9 Å². The zero-order valence-corrected chi connectivity index (χ0v) is 14.0. The summed E-state index contributed by atoms with van der Waals surface area (Å²) in [5, 5.41) is 0.498. The van der Waals surface area contributed by atoms with Crippen molar-refractivity contribution in [3.8, 4) is 11.4 Å². The lowest BCUT2D eigenvalue weighted by atomic mass is 10.2. The number of hydrogen-bond acceptors (Lipinski definition) is 5. The van der Waals surface area contributed by atoms with Gasteiger partial charge >= 0.3 is 0 Å². The van der Waals surface area contributed by atoms with Gasteiger partial charge in [-0.1, -0.05) is 30.3 Å². The number of pyridine rings is 1. The summed E-state index contributed by atoms with van der Waals surface area (Å²) in [5.41, 5.74) is 2.78. The van der Waals surface area contributed by atoms with Gasteiger partial charge in [0.15, 0.2) is 0 Å². The summed E-state index contributed by atoms with van der Waals surface area (Å²) in [6.07, 6.45) is 6.59. The van der Waals surface area contributed by atoms with Gasteiger partial charge in [-0.3, -0.25) is 9.78 Å². The maximum absolute atomic E-state index is 11.9. The van der Waals surface area contributed by atoms with Crippen molar-refractivity contribution >= 4 is 10.9 Å². The lowest BCUT2D eigenvalue weighted by molar-refractivity contribution is 0.113. The van der Waals surface area contributed by atoms with Crippen molar-refractivity contribution < 1.29 is 4.74 Å². The molecule has 0 unspecified atom stereocenters. The second-order valence-corrected chi connectivity index (χ2v) is 5.82. The summed E-state index contributed by atoms with van der Waals surface area (Å²) in [7, 11) is 0. The Bertz CT molecular complexity index is 1070. The molecule has 7 nitrogen and oxygen atoms in total. The van der Waals surface area contributed by atoms with Crippen LogP contribution >= 0.6 is 0 Å². The van der Waals surface area contributed by atoms with E-state index in [1.807, 2.05) is 41.1 Å². The van der Waals surface area contributed by atoms with Crippen LogP contribution in [0.1, 0.15) is 5.56 Å². The minimum Gasteiger partial charge on any atom is -0.375 e. The molecular formula is C19H17N5O2. The minimum atomic E-state index is -0.188. The van der Waals surface area contributed by atoms with E-state index < -0.39 is 0 Å². The molecule has 0 aliphatic carbocycles. The Hall–Kier alpha value is -3.32. The maximum Gasteiger partial charge on any atom is 0.258 e. The maximum atomic E-state index is 11.9. The number of nitrogens with zero attached hydrogens (tertiary/aromatic N) is 4. The fraction of sp³-hybridized carbons (Fsp3) is 0.158. The minimum absolute atomic E-state index is 0.188. The molecule has 3 heterocycles. The van der Waals surface area contributed by atoms with Crippen molar-refractivity contribution in [1.29, 1.82) is 0 Å². The largest absolute Gasteiger partial charge is 0.375 e. The molecule has 3 aromatic heterocycles. The number of hydrogen-bond donors (Lipinski definition) is 1. The lowest BCUT2D eigenvalue weighted by Gasteiger charge is -2.05. The molecule has 4 aromatic rings. The highest BCUT2D eigenvalue weighted by Gasteiger charge is 2.11. The van der Waals surface area contributed by atoms with Crippen LogP contribution < -0.4 is 5.56 Å². The molecule has 4 rings (SSSR count). The third-order valence-electron chi connectivity index (χ3n) is 4.04. The van der Waals surface area contributed by atoms with E-state index in [-0.39, 0.29) is 5.56 Å². The number of nitrogens with one attached hydrogen (secondary N) is 1. The number of imidazole rings is 1. The predicted octanol–water partition coefficient (Wildman–Crippen LogP) is 2.40. The third kappa shape index (κ3) is 3.38. The van der Waals surface area contributed by atoms with Crippen LogP contribution in [0.15, 0.2) is 66.2 Å². The molecule has 0 amide bonds. The smallest absolute Gasteiger partial charge is 0.258 e. The van der Waals surface area contributed by atoms with Crippen molar-refractivity contribution in [2.75, 3.05) is 6.61 Å². The van der Waals surface area contributed by atoms with E-state index in [9.17, 15) is 4.79 Å². The summed E-state index contributed by atoms with van der Waals surface area (Å²) in [4.78, 5) is 27.4. The molecule has 26 heavy (non-hydrogen) atoms. The second kappa shape index (κ2) is 7.28.